The number of hydrogen-bond acceptors (Lipinski definition) is 2. The quantitative estimate of drug-likeness (QED) is 0.842. The summed E-state index contributed by atoms with van der Waals surface area (Å²) in [6.45, 7) is 4.30. The van der Waals surface area contributed by atoms with Gasteiger partial charge in [0.15, 0.2) is 0 Å². The number of Topliss-reactive ketones (excluding diaryl/α,β-unsaturated/α-hetero) is 1. The van der Waals surface area contributed by atoms with E-state index in [1.54, 1.807) is 13.0 Å². The van der Waals surface area contributed by atoms with Crippen molar-refractivity contribution in [2.24, 2.45) is 5.92 Å². The summed E-state index contributed by atoms with van der Waals surface area (Å²) in [6.07, 6.45) is 2.08. The predicted octanol–water partition coefficient (Wildman–Crippen LogP) is 3.79. The summed E-state index contributed by atoms with van der Waals surface area (Å²) in [4.78, 5) is 13.7. The second-order valence-electron chi connectivity index (χ2n) is 4.92. The van der Waals surface area contributed by atoms with Crippen LogP contribution in [0.4, 0.5) is 0 Å². The first-order valence-electron chi connectivity index (χ1n) is 6.23. The average Bonchev–Trinajstić information content (AvgIpc) is 2.34. The number of piperidine rings is 1. The van der Waals surface area contributed by atoms with E-state index in [9.17, 15) is 4.79 Å². The van der Waals surface area contributed by atoms with E-state index in [0.29, 0.717) is 5.02 Å². The van der Waals surface area contributed by atoms with Gasteiger partial charge >= 0.3 is 0 Å². The fourth-order valence-corrected chi connectivity index (χ4v) is 2.81. The highest BCUT2D eigenvalue weighted by Gasteiger charge is 2.23. The van der Waals surface area contributed by atoms with Crippen LogP contribution in [0.5, 0.6) is 0 Å². The molecule has 0 spiro atoms. The van der Waals surface area contributed by atoms with Crippen LogP contribution in [0.2, 0.25) is 10.0 Å². The molecule has 0 N–H and O–H groups in total. The van der Waals surface area contributed by atoms with E-state index in [1.165, 1.54) is 0 Å². The highest BCUT2D eigenvalue weighted by molar-refractivity contribution is 6.33. The van der Waals surface area contributed by atoms with E-state index in [1.807, 2.05) is 12.1 Å². The van der Waals surface area contributed by atoms with Gasteiger partial charge in [0.05, 0.1) is 0 Å². The summed E-state index contributed by atoms with van der Waals surface area (Å²) < 4.78 is 0. The van der Waals surface area contributed by atoms with Gasteiger partial charge in [0.1, 0.15) is 5.78 Å². The molecule has 0 radical (unpaired) electrons. The maximum Gasteiger partial charge on any atom is 0.134 e. The number of benzene rings is 1. The van der Waals surface area contributed by atoms with E-state index < -0.39 is 0 Å². The van der Waals surface area contributed by atoms with Gasteiger partial charge < -0.3 is 0 Å². The summed E-state index contributed by atoms with van der Waals surface area (Å²) in [5.41, 5.74) is 1.04. The van der Waals surface area contributed by atoms with Gasteiger partial charge in [0.2, 0.25) is 0 Å². The van der Waals surface area contributed by atoms with E-state index in [0.717, 1.165) is 43.1 Å². The number of likely N-dealkylation sites (tertiary alicyclic amines) is 1. The standard InChI is InChI=1S/C14H17Cl2NO/c1-10(18)11-3-2-6-17(8-11)9-12-7-13(15)4-5-14(12)16/h4-5,7,11H,2-3,6,8-9H2,1H3. The lowest BCUT2D eigenvalue weighted by Gasteiger charge is -2.31. The summed E-state index contributed by atoms with van der Waals surface area (Å²) >= 11 is 12.1. The number of rotatable bonds is 3. The predicted molar refractivity (Wildman–Crippen MR) is 75.1 cm³/mol. The number of carbonyl (C=O) groups is 1. The van der Waals surface area contributed by atoms with Gasteiger partial charge in [-0.05, 0) is 50.1 Å². The smallest absolute Gasteiger partial charge is 0.134 e. The van der Waals surface area contributed by atoms with Gasteiger partial charge in [-0.15, -0.1) is 0 Å². The lowest BCUT2D eigenvalue weighted by Crippen LogP contribution is -2.37. The van der Waals surface area contributed by atoms with Crippen molar-refractivity contribution in [3.63, 3.8) is 0 Å². The fraction of sp³-hybridized carbons (Fsp3) is 0.500. The van der Waals surface area contributed by atoms with Crippen molar-refractivity contribution in [1.29, 1.82) is 0 Å². The van der Waals surface area contributed by atoms with Crippen molar-refractivity contribution in [1.82, 2.24) is 4.90 Å². The topological polar surface area (TPSA) is 20.3 Å². The second kappa shape index (κ2) is 6.05. The van der Waals surface area contributed by atoms with Crippen LogP contribution < -0.4 is 0 Å². The van der Waals surface area contributed by atoms with Gasteiger partial charge in [-0.1, -0.05) is 23.2 Å². The molecule has 1 aromatic carbocycles. The summed E-state index contributed by atoms with van der Waals surface area (Å²) in [5, 5.41) is 1.44. The Kier molecular flexibility index (Phi) is 4.66. The minimum atomic E-state index is 0.178. The van der Waals surface area contributed by atoms with Crippen molar-refractivity contribution in [2.45, 2.75) is 26.3 Å². The Morgan fingerprint density at radius 3 is 2.94 bits per heavy atom. The van der Waals surface area contributed by atoms with E-state index in [2.05, 4.69) is 4.90 Å². The van der Waals surface area contributed by atoms with Crippen LogP contribution in [0.3, 0.4) is 0 Å². The summed E-state index contributed by atoms with van der Waals surface area (Å²) in [7, 11) is 0. The number of nitrogens with zero attached hydrogens (tertiary/aromatic N) is 1. The van der Waals surface area contributed by atoms with Crippen LogP contribution in [0.1, 0.15) is 25.3 Å². The molecule has 0 aliphatic carbocycles. The molecule has 0 aromatic heterocycles. The second-order valence-corrected chi connectivity index (χ2v) is 5.76. The van der Waals surface area contributed by atoms with Gasteiger partial charge in [-0.25, -0.2) is 0 Å². The number of carbonyl (C=O) groups excluding carboxylic acids is 1. The van der Waals surface area contributed by atoms with Crippen molar-refractivity contribution in [3.8, 4) is 0 Å². The Bertz CT molecular complexity index is 447. The SMILES string of the molecule is CC(=O)C1CCCN(Cc2cc(Cl)ccc2Cl)C1. The molecule has 98 valence electrons. The number of halogens is 2. The monoisotopic (exact) mass is 285 g/mol. The van der Waals surface area contributed by atoms with E-state index >= 15 is 0 Å². The molecule has 1 saturated heterocycles. The van der Waals surface area contributed by atoms with Crippen molar-refractivity contribution in [2.75, 3.05) is 13.1 Å². The zero-order valence-electron chi connectivity index (χ0n) is 10.5. The highest BCUT2D eigenvalue weighted by Crippen LogP contribution is 2.25. The van der Waals surface area contributed by atoms with E-state index in [-0.39, 0.29) is 11.7 Å². The Labute approximate surface area is 118 Å². The molecule has 1 unspecified atom stereocenters. The molecule has 1 atom stereocenters. The highest BCUT2D eigenvalue weighted by atomic mass is 35.5. The first-order chi connectivity index (χ1) is 8.56. The van der Waals surface area contributed by atoms with Crippen LogP contribution in [0.25, 0.3) is 0 Å². The first-order valence-corrected chi connectivity index (χ1v) is 6.98. The van der Waals surface area contributed by atoms with Crippen molar-refractivity contribution >= 4 is 29.0 Å². The minimum Gasteiger partial charge on any atom is -0.300 e. The Morgan fingerprint density at radius 1 is 1.44 bits per heavy atom. The maximum absolute atomic E-state index is 11.4. The average molecular weight is 286 g/mol. The molecule has 1 aromatic rings. The zero-order valence-corrected chi connectivity index (χ0v) is 12.0. The summed E-state index contributed by atoms with van der Waals surface area (Å²) in [5.74, 6) is 0.466. The molecule has 0 saturated carbocycles. The van der Waals surface area contributed by atoms with Gasteiger partial charge in [0.25, 0.3) is 0 Å². The Balaban J connectivity index is 2.04. The Morgan fingerprint density at radius 2 is 2.22 bits per heavy atom. The van der Waals surface area contributed by atoms with Gasteiger partial charge in [-0.2, -0.15) is 0 Å². The lowest BCUT2D eigenvalue weighted by molar-refractivity contribution is -0.122. The molecule has 1 aliphatic rings. The zero-order chi connectivity index (χ0) is 13.1. The first kappa shape index (κ1) is 13.9. The molecule has 18 heavy (non-hydrogen) atoms. The van der Waals surface area contributed by atoms with Crippen LogP contribution in [0, 0.1) is 5.92 Å². The van der Waals surface area contributed by atoms with Crippen LogP contribution in [-0.2, 0) is 11.3 Å². The summed E-state index contributed by atoms with van der Waals surface area (Å²) in [6, 6.07) is 5.52. The third-order valence-electron chi connectivity index (χ3n) is 3.48. The molecule has 2 rings (SSSR count). The van der Waals surface area contributed by atoms with E-state index in [4.69, 9.17) is 23.2 Å². The van der Waals surface area contributed by atoms with Crippen LogP contribution >= 0.6 is 23.2 Å². The Hall–Kier alpha value is -0.570. The van der Waals surface area contributed by atoms with Gasteiger partial charge in [0, 0.05) is 29.1 Å². The number of ketones is 1. The molecule has 2 nitrogen and oxygen atoms in total. The normalized spacial score (nSPS) is 20.9. The third-order valence-corrected chi connectivity index (χ3v) is 4.09. The van der Waals surface area contributed by atoms with Crippen LogP contribution in [-0.4, -0.2) is 23.8 Å². The van der Waals surface area contributed by atoms with Gasteiger partial charge in [-0.3, -0.25) is 9.69 Å². The third kappa shape index (κ3) is 3.47. The largest absolute Gasteiger partial charge is 0.300 e. The molecule has 1 heterocycles. The molecule has 1 aliphatic heterocycles. The van der Waals surface area contributed by atoms with Crippen LogP contribution in [0.15, 0.2) is 18.2 Å². The van der Waals surface area contributed by atoms with Crippen molar-refractivity contribution < 1.29 is 4.79 Å². The molecular weight excluding hydrogens is 269 g/mol. The lowest BCUT2D eigenvalue weighted by atomic mass is 9.94. The minimum absolute atomic E-state index is 0.178. The molecule has 4 heteroatoms. The number of hydrogen-bond donors (Lipinski definition) is 0. The maximum atomic E-state index is 11.4. The molecule has 0 bridgehead atoms. The molecular formula is C14H17Cl2NO. The van der Waals surface area contributed by atoms with Crippen molar-refractivity contribution in [3.05, 3.63) is 33.8 Å². The molecule has 0 amide bonds. The fourth-order valence-electron chi connectivity index (χ4n) is 2.44. The molecule has 1 fully saturated rings.